The number of methoxy groups -OCH3 is 1. The lowest BCUT2D eigenvalue weighted by molar-refractivity contribution is -0.134. The zero-order valence-corrected chi connectivity index (χ0v) is 18.5. The highest BCUT2D eigenvalue weighted by Crippen LogP contribution is 2.44. The molecule has 1 amide bonds. The van der Waals surface area contributed by atoms with E-state index in [0.29, 0.717) is 29.0 Å². The van der Waals surface area contributed by atoms with Crippen molar-refractivity contribution in [2.24, 2.45) is 11.8 Å². The van der Waals surface area contributed by atoms with Crippen LogP contribution in [-0.2, 0) is 11.3 Å². The highest BCUT2D eigenvalue weighted by molar-refractivity contribution is 6.31. The van der Waals surface area contributed by atoms with Crippen molar-refractivity contribution in [1.82, 2.24) is 9.80 Å². The van der Waals surface area contributed by atoms with E-state index in [9.17, 15) is 9.18 Å². The van der Waals surface area contributed by atoms with Gasteiger partial charge in [-0.2, -0.15) is 0 Å². The number of likely N-dealkylation sites (tertiary alicyclic amines) is 2. The molecule has 1 saturated carbocycles. The number of halogens is 2. The number of amides is 1. The number of rotatable bonds is 5. The molecule has 0 bridgehead atoms. The van der Waals surface area contributed by atoms with Crippen LogP contribution in [0.5, 0.6) is 5.75 Å². The van der Waals surface area contributed by atoms with Crippen LogP contribution in [0.3, 0.4) is 0 Å². The molecule has 2 heterocycles. The predicted octanol–water partition coefficient (Wildman–Crippen LogP) is 4.71. The molecule has 2 aliphatic heterocycles. The maximum absolute atomic E-state index is 14.4. The van der Waals surface area contributed by atoms with Crippen molar-refractivity contribution in [1.29, 1.82) is 0 Å². The minimum absolute atomic E-state index is 0.227. The third kappa shape index (κ3) is 4.06. The van der Waals surface area contributed by atoms with Gasteiger partial charge >= 0.3 is 0 Å². The van der Waals surface area contributed by atoms with Gasteiger partial charge in [0.2, 0.25) is 5.91 Å². The van der Waals surface area contributed by atoms with Crippen LogP contribution in [0, 0.1) is 17.7 Å². The van der Waals surface area contributed by atoms with Crippen LogP contribution >= 0.6 is 11.6 Å². The number of hydrogen-bond acceptors (Lipinski definition) is 3. The maximum Gasteiger partial charge on any atom is 0.225 e. The summed E-state index contributed by atoms with van der Waals surface area (Å²) in [4.78, 5) is 17.5. The van der Waals surface area contributed by atoms with Gasteiger partial charge in [-0.15, -0.1) is 0 Å². The van der Waals surface area contributed by atoms with E-state index >= 15 is 0 Å². The number of piperidine rings is 1. The molecule has 0 spiro atoms. The first-order chi connectivity index (χ1) is 15.0. The molecule has 164 valence electrons. The van der Waals surface area contributed by atoms with Crippen LogP contribution in [0.25, 0.3) is 0 Å². The molecule has 6 heteroatoms. The van der Waals surface area contributed by atoms with Gasteiger partial charge in [0.05, 0.1) is 7.11 Å². The fourth-order valence-corrected chi connectivity index (χ4v) is 5.60. The molecule has 31 heavy (non-hydrogen) atoms. The van der Waals surface area contributed by atoms with Crippen LogP contribution in [0.4, 0.5) is 4.39 Å². The van der Waals surface area contributed by atoms with Gasteiger partial charge in [0.1, 0.15) is 11.6 Å². The van der Waals surface area contributed by atoms with Crippen molar-refractivity contribution in [3.8, 4) is 5.75 Å². The molecule has 3 aliphatic rings. The fraction of sp³-hybridized carbons (Fsp3) is 0.480. The van der Waals surface area contributed by atoms with Crippen molar-refractivity contribution in [2.45, 2.75) is 37.8 Å². The lowest BCUT2D eigenvalue weighted by atomic mass is 9.81. The van der Waals surface area contributed by atoms with E-state index in [1.165, 1.54) is 11.6 Å². The monoisotopic (exact) mass is 442 g/mol. The molecular weight excluding hydrogens is 415 g/mol. The molecule has 0 aromatic heterocycles. The van der Waals surface area contributed by atoms with Crippen LogP contribution in [0.15, 0.2) is 42.5 Å². The number of hydrogen-bond donors (Lipinski definition) is 0. The number of ether oxygens (including phenoxy) is 1. The Labute approximate surface area is 187 Å². The molecular formula is C25H28ClFN2O2. The summed E-state index contributed by atoms with van der Waals surface area (Å²) >= 11 is 6.29. The third-order valence-electron chi connectivity index (χ3n) is 7.21. The van der Waals surface area contributed by atoms with Gasteiger partial charge in [-0.25, -0.2) is 4.39 Å². The van der Waals surface area contributed by atoms with Gasteiger partial charge in [0.15, 0.2) is 0 Å². The van der Waals surface area contributed by atoms with E-state index in [2.05, 4.69) is 21.9 Å². The molecule has 0 N–H and O–H groups in total. The van der Waals surface area contributed by atoms with Crippen molar-refractivity contribution in [3.05, 3.63) is 64.4 Å². The Hall–Kier alpha value is -2.11. The predicted molar refractivity (Wildman–Crippen MR) is 119 cm³/mol. The Balaban J connectivity index is 1.39. The first-order valence-electron chi connectivity index (χ1n) is 11.1. The lowest BCUT2D eigenvalue weighted by Gasteiger charge is -2.39. The van der Waals surface area contributed by atoms with E-state index < -0.39 is 0 Å². The van der Waals surface area contributed by atoms with Gasteiger partial charge in [-0.1, -0.05) is 29.8 Å². The Morgan fingerprint density at radius 2 is 1.90 bits per heavy atom. The summed E-state index contributed by atoms with van der Waals surface area (Å²) in [5, 5.41) is 0.478. The van der Waals surface area contributed by atoms with E-state index in [1.54, 1.807) is 19.2 Å². The summed E-state index contributed by atoms with van der Waals surface area (Å²) in [5.74, 6) is 1.75. The molecule has 1 aliphatic carbocycles. The van der Waals surface area contributed by atoms with Crippen molar-refractivity contribution >= 4 is 17.5 Å². The number of carbonyl (C=O) groups is 1. The number of carbonyl (C=O) groups excluding carboxylic acids is 1. The van der Waals surface area contributed by atoms with Crippen LogP contribution < -0.4 is 4.74 Å². The summed E-state index contributed by atoms with van der Waals surface area (Å²) < 4.78 is 19.7. The average Bonchev–Trinajstić information content (AvgIpc) is 3.57. The van der Waals surface area contributed by atoms with Crippen LogP contribution in [-0.4, -0.2) is 48.5 Å². The van der Waals surface area contributed by atoms with Crippen molar-refractivity contribution in [2.75, 3.05) is 26.7 Å². The maximum atomic E-state index is 14.4. The normalized spacial score (nSPS) is 26.0. The molecule has 0 unspecified atom stereocenters. The highest BCUT2D eigenvalue weighted by Gasteiger charge is 2.49. The summed E-state index contributed by atoms with van der Waals surface area (Å²) in [6.07, 6.45) is 2.97. The third-order valence-corrected chi connectivity index (χ3v) is 7.57. The van der Waals surface area contributed by atoms with E-state index in [4.69, 9.17) is 16.3 Å². The van der Waals surface area contributed by atoms with E-state index in [1.807, 2.05) is 12.1 Å². The van der Waals surface area contributed by atoms with E-state index in [0.717, 1.165) is 44.6 Å². The highest BCUT2D eigenvalue weighted by atomic mass is 35.5. The quantitative estimate of drug-likeness (QED) is 0.672. The van der Waals surface area contributed by atoms with Crippen molar-refractivity contribution < 1.29 is 13.9 Å². The summed E-state index contributed by atoms with van der Waals surface area (Å²) in [5.41, 5.74) is 1.81. The fourth-order valence-electron chi connectivity index (χ4n) is 5.38. The smallest absolute Gasteiger partial charge is 0.225 e. The van der Waals surface area contributed by atoms with Crippen LogP contribution in [0.1, 0.15) is 36.3 Å². The van der Waals surface area contributed by atoms with Crippen molar-refractivity contribution in [3.63, 3.8) is 0 Å². The van der Waals surface area contributed by atoms with Gasteiger partial charge in [0.25, 0.3) is 0 Å². The Bertz CT molecular complexity index is 942. The minimum Gasteiger partial charge on any atom is -0.497 e. The zero-order valence-electron chi connectivity index (χ0n) is 17.8. The number of benzene rings is 2. The first-order valence-corrected chi connectivity index (χ1v) is 11.5. The summed E-state index contributed by atoms with van der Waals surface area (Å²) in [6.45, 7) is 2.95. The zero-order chi connectivity index (χ0) is 21.5. The molecule has 2 aromatic rings. The van der Waals surface area contributed by atoms with Gasteiger partial charge in [0, 0.05) is 60.6 Å². The van der Waals surface area contributed by atoms with Gasteiger partial charge < -0.3 is 9.64 Å². The van der Waals surface area contributed by atoms with Gasteiger partial charge in [-0.3, -0.25) is 9.69 Å². The van der Waals surface area contributed by atoms with Gasteiger partial charge in [-0.05, 0) is 49.1 Å². The second kappa shape index (κ2) is 8.44. The number of fused-ring (bicyclic) bond motifs is 1. The minimum atomic E-state index is -0.252. The SMILES string of the molecule is COc1ccc([C@@H]2CN(C(=O)C3CC3)[C@H]3CCN(Cc4c(F)cccc4Cl)C[C@@H]23)cc1. The molecule has 3 atom stereocenters. The Morgan fingerprint density at radius 3 is 2.58 bits per heavy atom. The molecule has 4 nitrogen and oxygen atoms in total. The van der Waals surface area contributed by atoms with Crippen LogP contribution in [0.2, 0.25) is 5.02 Å². The average molecular weight is 443 g/mol. The Kier molecular flexibility index (Phi) is 5.65. The molecule has 0 radical (unpaired) electrons. The molecule has 3 fully saturated rings. The molecule has 2 aromatic carbocycles. The first kappa shape index (κ1) is 20.8. The number of nitrogens with zero attached hydrogens (tertiary/aromatic N) is 2. The molecule has 2 saturated heterocycles. The summed E-state index contributed by atoms with van der Waals surface area (Å²) in [6, 6.07) is 13.4. The topological polar surface area (TPSA) is 32.8 Å². The largest absolute Gasteiger partial charge is 0.497 e. The second-order valence-corrected chi connectivity index (χ2v) is 9.51. The standard InChI is InChI=1S/C25H28ClFN2O2/c1-31-18-9-7-16(8-10-18)19-15-29(25(30)17-5-6-17)24-11-12-28(13-20(19)24)14-21-22(26)3-2-4-23(21)27/h2-4,7-10,17,19-20,24H,5-6,11-15H2,1H3/t19-,20-,24-/m0/s1. The summed E-state index contributed by atoms with van der Waals surface area (Å²) in [7, 11) is 1.67. The van der Waals surface area contributed by atoms with E-state index in [-0.39, 0.29) is 23.7 Å². The lowest BCUT2D eigenvalue weighted by Crippen LogP contribution is -2.48. The second-order valence-electron chi connectivity index (χ2n) is 9.10. The molecule has 5 rings (SSSR count). The Morgan fingerprint density at radius 1 is 1.13 bits per heavy atom.